The molecule has 12 nitrogen and oxygen atoms in total. The molecule has 0 aliphatic rings. The molecule has 10 N–H and O–H groups in total. The summed E-state index contributed by atoms with van der Waals surface area (Å²) in [6.07, 6.45) is -15.7. The monoisotopic (exact) mass is 436 g/mol. The molecule has 0 radical (unpaired) electrons. The van der Waals surface area contributed by atoms with E-state index in [-0.39, 0.29) is 0 Å². The fourth-order valence-electron chi connectivity index (χ4n) is 2.23. The zero-order valence-corrected chi connectivity index (χ0v) is 15.6. The van der Waals surface area contributed by atoms with Crippen molar-refractivity contribution in [2.75, 3.05) is 13.2 Å². The average Bonchev–Trinajstić information content (AvgIpc) is 2.63. The molecule has 8 atom stereocenters. The smallest absolute Gasteiger partial charge is 0.220 e. The average molecular weight is 436 g/mol. The lowest BCUT2D eigenvalue weighted by atomic mass is 9.77. The van der Waals surface area contributed by atoms with Gasteiger partial charge in [-0.25, -0.2) is 0 Å². The van der Waals surface area contributed by atoms with Crippen molar-refractivity contribution in [2.24, 2.45) is 0 Å². The number of aliphatic hydroxyl groups excluding tert-OH is 8. The van der Waals surface area contributed by atoms with E-state index in [0.717, 1.165) is 0 Å². The number of hydrogen-bond donors (Lipinski definition) is 12. The van der Waals surface area contributed by atoms with Crippen LogP contribution in [0.2, 0.25) is 0 Å². The minimum atomic E-state index is -3.29. The zero-order chi connectivity index (χ0) is 21.7. The summed E-state index contributed by atoms with van der Waals surface area (Å²) in [6, 6.07) is 0. The normalized spacial score (nSPS) is 23.3. The van der Waals surface area contributed by atoms with Crippen LogP contribution in [0.3, 0.4) is 0 Å². The SMILES string of the molecule is O=C(S)[C@@](O)(C[C@](O)(C(=O)S)[C@@H](O)[C@H](O)[C@H](O)CO)[C@@H](O)[C@H](O)[C@H](O)CO. The lowest BCUT2D eigenvalue weighted by Crippen LogP contribution is -2.65. The molecule has 0 amide bonds. The Morgan fingerprint density at radius 1 is 0.704 bits per heavy atom. The first-order chi connectivity index (χ1) is 12.2. The van der Waals surface area contributed by atoms with Crippen LogP contribution in [0.4, 0.5) is 0 Å². The molecular formula is C13H24O12S2. The fraction of sp³-hybridized carbons (Fsp3) is 0.846. The second kappa shape index (κ2) is 10.4. The van der Waals surface area contributed by atoms with Crippen molar-refractivity contribution in [3.8, 4) is 0 Å². The highest BCUT2D eigenvalue weighted by molar-refractivity contribution is 7.97. The molecule has 0 rings (SSSR count). The Balaban J connectivity index is 6.02. The number of carbonyl (C=O) groups excluding carboxylic acids is 2. The summed E-state index contributed by atoms with van der Waals surface area (Å²) in [4.78, 5) is 23.4. The quantitative estimate of drug-likeness (QED) is 0.128. The third-order valence-electron chi connectivity index (χ3n) is 4.07. The van der Waals surface area contributed by atoms with E-state index in [0.29, 0.717) is 0 Å². The van der Waals surface area contributed by atoms with Gasteiger partial charge in [0.1, 0.15) is 36.6 Å². The first kappa shape index (κ1) is 26.6. The van der Waals surface area contributed by atoms with Gasteiger partial charge in [-0.2, -0.15) is 0 Å². The second-order valence-corrected chi connectivity index (χ2v) is 6.82. The van der Waals surface area contributed by atoms with Crippen molar-refractivity contribution >= 4 is 35.5 Å². The largest absolute Gasteiger partial charge is 0.394 e. The van der Waals surface area contributed by atoms with Gasteiger partial charge in [0.25, 0.3) is 0 Å². The van der Waals surface area contributed by atoms with E-state index in [9.17, 15) is 50.4 Å². The molecule has 0 bridgehead atoms. The summed E-state index contributed by atoms with van der Waals surface area (Å²) < 4.78 is 0. The summed E-state index contributed by atoms with van der Waals surface area (Å²) in [5.74, 6) is 0. The summed E-state index contributed by atoms with van der Waals surface area (Å²) in [5, 5.41) is 93.2. The van der Waals surface area contributed by atoms with Crippen LogP contribution in [0.5, 0.6) is 0 Å². The second-order valence-electron chi connectivity index (χ2n) is 6.01. The van der Waals surface area contributed by atoms with Crippen LogP contribution >= 0.6 is 25.3 Å². The number of thiol groups is 2. The molecule has 14 heteroatoms. The molecule has 0 saturated heterocycles. The van der Waals surface area contributed by atoms with E-state index in [4.69, 9.17) is 10.2 Å². The van der Waals surface area contributed by atoms with Gasteiger partial charge in [-0.15, -0.1) is 25.3 Å². The molecule has 0 aliphatic carbocycles. The van der Waals surface area contributed by atoms with Crippen LogP contribution < -0.4 is 0 Å². The Hall–Kier alpha value is -0.360. The molecule has 0 aromatic rings. The summed E-state index contributed by atoms with van der Waals surface area (Å²) >= 11 is 6.57. The standard InChI is InChI=1S/C13H24O12S2/c14-1-4(16)6(18)8(20)12(24,10(22)26)3-13(25,11(23)27)9(21)7(19)5(17)2-15/h4-9,14-21,24-25H,1-3H2,(H,22,26)(H,23,27)/t4-,5-,6-,7-,8+,9+,12-,13-/m1/s1. The van der Waals surface area contributed by atoms with E-state index in [1.54, 1.807) is 0 Å². The molecule has 160 valence electrons. The van der Waals surface area contributed by atoms with Crippen LogP contribution in [0.25, 0.3) is 0 Å². The summed E-state index contributed by atoms with van der Waals surface area (Å²) in [6.45, 7) is -2.20. The maximum Gasteiger partial charge on any atom is 0.220 e. The lowest BCUT2D eigenvalue weighted by Gasteiger charge is -2.41. The predicted octanol–water partition coefficient (Wildman–Crippen LogP) is -6.10. The first-order valence-corrected chi connectivity index (χ1v) is 8.31. The van der Waals surface area contributed by atoms with Crippen LogP contribution in [0.15, 0.2) is 0 Å². The third kappa shape index (κ3) is 5.81. The molecule has 0 fully saturated rings. The molecule has 0 unspecified atom stereocenters. The summed E-state index contributed by atoms with van der Waals surface area (Å²) in [5.41, 5.74) is -6.59. The summed E-state index contributed by atoms with van der Waals surface area (Å²) in [7, 11) is 0. The highest BCUT2D eigenvalue weighted by Gasteiger charge is 2.57. The third-order valence-corrected chi connectivity index (χ3v) is 4.84. The van der Waals surface area contributed by atoms with E-state index in [1.165, 1.54) is 0 Å². The maximum absolute atomic E-state index is 11.7. The van der Waals surface area contributed by atoms with E-state index < -0.39 is 77.7 Å². The van der Waals surface area contributed by atoms with Crippen molar-refractivity contribution < 1.29 is 60.7 Å². The molecule has 0 aromatic heterocycles. The van der Waals surface area contributed by atoms with E-state index in [2.05, 4.69) is 25.3 Å². The topological polar surface area (TPSA) is 236 Å². The zero-order valence-electron chi connectivity index (χ0n) is 13.8. The van der Waals surface area contributed by atoms with Crippen LogP contribution in [0.1, 0.15) is 6.42 Å². The molecule has 0 heterocycles. The van der Waals surface area contributed by atoms with E-state index in [1.807, 2.05) is 0 Å². The van der Waals surface area contributed by atoms with Crippen LogP contribution in [0, 0.1) is 0 Å². The van der Waals surface area contributed by atoms with Crippen LogP contribution in [-0.4, -0.2) is 122 Å². The predicted molar refractivity (Wildman–Crippen MR) is 92.7 cm³/mol. The Morgan fingerprint density at radius 3 is 1.15 bits per heavy atom. The molecule has 27 heavy (non-hydrogen) atoms. The minimum Gasteiger partial charge on any atom is -0.394 e. The van der Waals surface area contributed by atoms with Crippen LogP contribution in [-0.2, 0) is 9.59 Å². The van der Waals surface area contributed by atoms with Gasteiger partial charge in [-0.1, -0.05) is 0 Å². The highest BCUT2D eigenvalue weighted by Crippen LogP contribution is 2.33. The van der Waals surface area contributed by atoms with Crippen molar-refractivity contribution in [3.05, 3.63) is 0 Å². The molecular weight excluding hydrogens is 412 g/mol. The lowest BCUT2D eigenvalue weighted by molar-refractivity contribution is -0.204. The Kier molecular flexibility index (Phi) is 10.3. The fourth-order valence-corrected chi connectivity index (χ4v) is 2.65. The number of carbonyl (C=O) groups is 2. The molecule has 0 spiro atoms. The molecule has 0 saturated carbocycles. The van der Waals surface area contributed by atoms with Gasteiger partial charge >= 0.3 is 0 Å². The Bertz CT molecular complexity index is 478. The molecule has 0 aromatic carbocycles. The van der Waals surface area contributed by atoms with Crippen molar-refractivity contribution in [1.29, 1.82) is 0 Å². The van der Waals surface area contributed by atoms with Crippen molar-refractivity contribution in [1.82, 2.24) is 0 Å². The number of hydrogen-bond acceptors (Lipinski definition) is 12. The first-order valence-electron chi connectivity index (χ1n) is 7.42. The maximum atomic E-state index is 11.7. The van der Waals surface area contributed by atoms with Gasteiger partial charge in [-0.3, -0.25) is 9.59 Å². The van der Waals surface area contributed by atoms with Gasteiger partial charge in [-0.05, 0) is 0 Å². The van der Waals surface area contributed by atoms with Gasteiger partial charge in [0, 0.05) is 6.42 Å². The number of rotatable bonds is 12. The molecule has 0 aliphatic heterocycles. The van der Waals surface area contributed by atoms with Gasteiger partial charge in [0.15, 0.2) is 11.2 Å². The Morgan fingerprint density at radius 2 is 0.963 bits per heavy atom. The van der Waals surface area contributed by atoms with Gasteiger partial charge in [0.05, 0.1) is 13.2 Å². The number of aliphatic hydroxyl groups is 10. The minimum absolute atomic E-state index is 1.10. The van der Waals surface area contributed by atoms with E-state index >= 15 is 0 Å². The highest BCUT2D eigenvalue weighted by atomic mass is 32.1. The van der Waals surface area contributed by atoms with Crippen molar-refractivity contribution in [2.45, 2.75) is 54.2 Å². The Labute approximate surface area is 164 Å². The van der Waals surface area contributed by atoms with Gasteiger partial charge in [0.2, 0.25) is 10.2 Å². The van der Waals surface area contributed by atoms with Gasteiger partial charge < -0.3 is 51.1 Å². The van der Waals surface area contributed by atoms with Crippen molar-refractivity contribution in [3.63, 3.8) is 0 Å².